The molecule has 2 rings (SSSR count). The summed E-state index contributed by atoms with van der Waals surface area (Å²) in [5.41, 5.74) is 6.08. The number of halogens is 2. The first-order valence-corrected chi connectivity index (χ1v) is 7.59. The van der Waals surface area contributed by atoms with E-state index in [0.717, 1.165) is 25.7 Å². The van der Waals surface area contributed by atoms with E-state index in [-0.39, 0.29) is 35.8 Å². The molecule has 1 aliphatic rings. The van der Waals surface area contributed by atoms with Gasteiger partial charge in [-0.3, -0.25) is 9.59 Å². The van der Waals surface area contributed by atoms with Gasteiger partial charge in [-0.25, -0.2) is 4.39 Å². The molecule has 2 amide bonds. The minimum atomic E-state index is -0.605. The minimum absolute atomic E-state index is 0. The van der Waals surface area contributed by atoms with Crippen molar-refractivity contribution in [3.05, 3.63) is 29.6 Å². The van der Waals surface area contributed by atoms with Crippen molar-refractivity contribution in [1.29, 1.82) is 0 Å². The van der Waals surface area contributed by atoms with Crippen LogP contribution in [0, 0.1) is 11.7 Å². The van der Waals surface area contributed by atoms with Crippen LogP contribution < -0.4 is 16.4 Å². The van der Waals surface area contributed by atoms with Crippen molar-refractivity contribution in [2.45, 2.75) is 38.6 Å². The first kappa shape index (κ1) is 19.4. The molecule has 0 bridgehead atoms. The first-order valence-electron chi connectivity index (χ1n) is 7.59. The zero-order chi connectivity index (χ0) is 16.1. The molecule has 1 saturated carbocycles. The Morgan fingerprint density at radius 1 is 1.30 bits per heavy atom. The third kappa shape index (κ3) is 5.18. The Labute approximate surface area is 141 Å². The summed E-state index contributed by atoms with van der Waals surface area (Å²) < 4.78 is 13.9. The fourth-order valence-electron chi connectivity index (χ4n) is 2.91. The summed E-state index contributed by atoms with van der Waals surface area (Å²) in [6.07, 6.45) is 3.99. The van der Waals surface area contributed by atoms with E-state index in [9.17, 15) is 14.0 Å². The molecule has 0 heterocycles. The van der Waals surface area contributed by atoms with Gasteiger partial charge in [0.2, 0.25) is 5.91 Å². The SMILES string of the molecule is CC(=O)Nc1ccc(F)c(C(=O)NC2CCCCC2CN)c1.Cl. The number of nitrogens with one attached hydrogen (secondary N) is 2. The van der Waals surface area contributed by atoms with Crippen molar-refractivity contribution in [2.75, 3.05) is 11.9 Å². The van der Waals surface area contributed by atoms with Crippen molar-refractivity contribution in [3.63, 3.8) is 0 Å². The zero-order valence-electron chi connectivity index (χ0n) is 13.1. The maximum Gasteiger partial charge on any atom is 0.254 e. The molecular weight excluding hydrogens is 321 g/mol. The fraction of sp³-hybridized carbons (Fsp3) is 0.500. The standard InChI is InChI=1S/C16H22FN3O2.ClH/c1-10(21)19-12-6-7-14(17)13(8-12)16(22)20-15-5-3-2-4-11(15)9-18;/h6-8,11,15H,2-5,9,18H2,1H3,(H,19,21)(H,20,22);1H. The fourth-order valence-corrected chi connectivity index (χ4v) is 2.91. The smallest absolute Gasteiger partial charge is 0.254 e. The van der Waals surface area contributed by atoms with Gasteiger partial charge in [-0.2, -0.15) is 0 Å². The topological polar surface area (TPSA) is 84.2 Å². The van der Waals surface area contributed by atoms with Crippen LogP contribution in [0.3, 0.4) is 0 Å². The van der Waals surface area contributed by atoms with E-state index >= 15 is 0 Å². The molecule has 128 valence electrons. The predicted octanol–water partition coefficient (Wildman–Crippen LogP) is 2.45. The third-order valence-electron chi connectivity index (χ3n) is 4.06. The molecule has 7 heteroatoms. The quantitative estimate of drug-likeness (QED) is 0.785. The summed E-state index contributed by atoms with van der Waals surface area (Å²) in [6, 6.07) is 3.94. The lowest BCUT2D eigenvalue weighted by Crippen LogP contribution is -2.44. The zero-order valence-corrected chi connectivity index (χ0v) is 13.9. The van der Waals surface area contributed by atoms with Crippen molar-refractivity contribution < 1.29 is 14.0 Å². The van der Waals surface area contributed by atoms with E-state index < -0.39 is 11.7 Å². The second-order valence-electron chi connectivity index (χ2n) is 5.74. The summed E-state index contributed by atoms with van der Waals surface area (Å²) >= 11 is 0. The lowest BCUT2D eigenvalue weighted by Gasteiger charge is -2.31. The number of hydrogen-bond acceptors (Lipinski definition) is 3. The van der Waals surface area contributed by atoms with Gasteiger partial charge in [0.15, 0.2) is 0 Å². The molecule has 2 atom stereocenters. The Bertz CT molecular complexity index is 568. The van der Waals surface area contributed by atoms with Crippen molar-refractivity contribution in [2.24, 2.45) is 11.7 Å². The van der Waals surface area contributed by atoms with Gasteiger partial charge in [0.05, 0.1) is 5.56 Å². The number of benzene rings is 1. The highest BCUT2D eigenvalue weighted by molar-refractivity contribution is 5.97. The van der Waals surface area contributed by atoms with Crippen molar-refractivity contribution in [1.82, 2.24) is 5.32 Å². The summed E-state index contributed by atoms with van der Waals surface area (Å²) in [5.74, 6) is -1.10. The van der Waals surface area contributed by atoms with E-state index in [4.69, 9.17) is 5.73 Å². The molecule has 0 saturated heterocycles. The number of carbonyl (C=O) groups excluding carboxylic acids is 2. The molecular formula is C16H23ClFN3O2. The van der Waals surface area contributed by atoms with E-state index in [1.807, 2.05) is 0 Å². The van der Waals surface area contributed by atoms with Gasteiger partial charge in [-0.1, -0.05) is 12.8 Å². The molecule has 0 spiro atoms. The number of rotatable bonds is 4. The summed E-state index contributed by atoms with van der Waals surface area (Å²) in [5, 5.41) is 5.43. The van der Waals surface area contributed by atoms with Crippen molar-refractivity contribution >= 4 is 29.9 Å². The number of amides is 2. The van der Waals surface area contributed by atoms with E-state index in [0.29, 0.717) is 12.2 Å². The Balaban J connectivity index is 0.00000264. The highest BCUT2D eigenvalue weighted by Crippen LogP contribution is 2.24. The van der Waals surface area contributed by atoms with Crippen LogP contribution in [0.5, 0.6) is 0 Å². The number of anilines is 1. The lowest BCUT2D eigenvalue weighted by atomic mass is 9.84. The molecule has 1 aromatic carbocycles. The molecule has 23 heavy (non-hydrogen) atoms. The summed E-state index contributed by atoms with van der Waals surface area (Å²) in [6.45, 7) is 1.87. The molecule has 2 unspecified atom stereocenters. The molecule has 5 nitrogen and oxygen atoms in total. The first-order chi connectivity index (χ1) is 10.5. The summed E-state index contributed by atoms with van der Waals surface area (Å²) in [7, 11) is 0. The van der Waals surface area contributed by atoms with Crippen LogP contribution >= 0.6 is 12.4 Å². The molecule has 4 N–H and O–H groups in total. The molecule has 0 aromatic heterocycles. The number of carbonyl (C=O) groups is 2. The maximum absolute atomic E-state index is 13.9. The average Bonchev–Trinajstić information content (AvgIpc) is 2.49. The van der Waals surface area contributed by atoms with Crippen LogP contribution in [-0.2, 0) is 4.79 Å². The monoisotopic (exact) mass is 343 g/mol. The highest BCUT2D eigenvalue weighted by atomic mass is 35.5. The van der Waals surface area contributed by atoms with Gasteiger partial charge >= 0.3 is 0 Å². The highest BCUT2D eigenvalue weighted by Gasteiger charge is 2.26. The van der Waals surface area contributed by atoms with Gasteiger partial charge in [-0.05, 0) is 43.5 Å². The van der Waals surface area contributed by atoms with Gasteiger partial charge in [-0.15, -0.1) is 12.4 Å². The van der Waals surface area contributed by atoms with Gasteiger partial charge in [0.25, 0.3) is 5.91 Å². The largest absolute Gasteiger partial charge is 0.349 e. The average molecular weight is 344 g/mol. The van der Waals surface area contributed by atoms with Crippen LogP contribution in [0.1, 0.15) is 43.0 Å². The van der Waals surface area contributed by atoms with E-state index in [1.54, 1.807) is 0 Å². The van der Waals surface area contributed by atoms with Crippen molar-refractivity contribution in [3.8, 4) is 0 Å². The Morgan fingerprint density at radius 3 is 2.65 bits per heavy atom. The normalized spacial score (nSPS) is 20.3. The Hall–Kier alpha value is -1.66. The third-order valence-corrected chi connectivity index (χ3v) is 4.06. The van der Waals surface area contributed by atoms with Crippen LogP contribution in [0.25, 0.3) is 0 Å². The van der Waals surface area contributed by atoms with Crippen LogP contribution in [0.2, 0.25) is 0 Å². The second kappa shape index (κ2) is 8.84. The number of hydrogen-bond donors (Lipinski definition) is 3. The van der Waals surface area contributed by atoms with Crippen LogP contribution in [0.15, 0.2) is 18.2 Å². The molecule has 1 fully saturated rings. The van der Waals surface area contributed by atoms with E-state index in [2.05, 4.69) is 10.6 Å². The maximum atomic E-state index is 13.9. The molecule has 1 aliphatic carbocycles. The number of nitrogens with two attached hydrogens (primary N) is 1. The Kier molecular flexibility index (Phi) is 7.45. The second-order valence-corrected chi connectivity index (χ2v) is 5.74. The van der Waals surface area contributed by atoms with Crippen LogP contribution in [-0.4, -0.2) is 24.4 Å². The Morgan fingerprint density at radius 2 is 2.00 bits per heavy atom. The van der Waals surface area contributed by atoms with Gasteiger partial charge < -0.3 is 16.4 Å². The summed E-state index contributed by atoms with van der Waals surface area (Å²) in [4.78, 5) is 23.4. The molecule has 0 aliphatic heterocycles. The van der Waals surface area contributed by atoms with E-state index in [1.165, 1.54) is 25.1 Å². The molecule has 1 aromatic rings. The molecule has 0 radical (unpaired) electrons. The predicted molar refractivity (Wildman–Crippen MR) is 90.2 cm³/mol. The van der Waals surface area contributed by atoms with Crippen LogP contribution in [0.4, 0.5) is 10.1 Å². The lowest BCUT2D eigenvalue weighted by molar-refractivity contribution is -0.114. The van der Waals surface area contributed by atoms with Gasteiger partial charge in [0, 0.05) is 18.7 Å². The van der Waals surface area contributed by atoms with Gasteiger partial charge in [0.1, 0.15) is 5.82 Å². The minimum Gasteiger partial charge on any atom is -0.349 e.